The van der Waals surface area contributed by atoms with E-state index in [2.05, 4.69) is 20.5 Å². The van der Waals surface area contributed by atoms with Crippen LogP contribution >= 0.6 is 0 Å². The average Bonchev–Trinajstić information content (AvgIpc) is 3.56. The number of nitrogens with one attached hydrogen (secondary N) is 2. The van der Waals surface area contributed by atoms with Crippen LogP contribution in [0.2, 0.25) is 0 Å². The van der Waals surface area contributed by atoms with Gasteiger partial charge in [0.2, 0.25) is 6.23 Å². The van der Waals surface area contributed by atoms with E-state index < -0.39 is 5.97 Å². The largest absolute Gasteiger partial charge is 0.481 e. The number of ether oxygens (including phenoxy) is 1. The second kappa shape index (κ2) is 11.2. The van der Waals surface area contributed by atoms with Crippen molar-refractivity contribution >= 4 is 11.8 Å². The third kappa shape index (κ3) is 5.67. The molecule has 9 heteroatoms. The van der Waals surface area contributed by atoms with Gasteiger partial charge in [-0.2, -0.15) is 5.10 Å². The maximum absolute atomic E-state index is 10.6. The monoisotopic (exact) mass is 481 g/mol. The predicted octanol–water partition coefficient (Wildman–Crippen LogP) is 3.83. The Labute approximate surface area is 205 Å². The summed E-state index contributed by atoms with van der Waals surface area (Å²) >= 11 is 0. The molecule has 0 amide bonds. The van der Waals surface area contributed by atoms with Gasteiger partial charge in [0.25, 0.3) is 0 Å². The van der Waals surface area contributed by atoms with Gasteiger partial charge in [-0.05, 0) is 31.2 Å². The smallest absolute Gasteiger partial charge is 0.304 e. The molecular formula is C26H35N5O4. The molecule has 0 radical (unpaired) electrons. The van der Waals surface area contributed by atoms with E-state index in [0.717, 1.165) is 42.7 Å². The van der Waals surface area contributed by atoms with Crippen LogP contribution in [0.25, 0.3) is 0 Å². The molecule has 5 rings (SSSR count). The maximum atomic E-state index is 10.6. The molecule has 3 heterocycles. The molecule has 2 fully saturated rings. The molecule has 1 atom stereocenters. The number of aromatic nitrogens is 2. The Hall–Kier alpha value is -2.91. The second-order valence-corrected chi connectivity index (χ2v) is 9.70. The first-order valence-electron chi connectivity index (χ1n) is 12.9. The first-order valence-corrected chi connectivity index (χ1v) is 12.9. The molecule has 1 aromatic carbocycles. The number of oxime groups is 1. The van der Waals surface area contributed by atoms with Crippen LogP contribution < -0.4 is 10.6 Å². The molecule has 3 N–H and O–H groups in total. The molecule has 2 aromatic rings. The van der Waals surface area contributed by atoms with Gasteiger partial charge in [-0.3, -0.25) is 9.48 Å². The zero-order chi connectivity index (χ0) is 24.0. The van der Waals surface area contributed by atoms with Gasteiger partial charge in [0.1, 0.15) is 0 Å². The first kappa shape index (κ1) is 23.8. The minimum Gasteiger partial charge on any atom is -0.481 e. The van der Waals surface area contributed by atoms with E-state index in [-0.39, 0.29) is 12.6 Å². The quantitative estimate of drug-likeness (QED) is 0.467. The zero-order valence-electron chi connectivity index (χ0n) is 20.1. The van der Waals surface area contributed by atoms with E-state index in [0.29, 0.717) is 30.9 Å². The minimum atomic E-state index is -0.794. The number of benzene rings is 1. The zero-order valence-corrected chi connectivity index (χ0v) is 20.1. The lowest BCUT2D eigenvalue weighted by Crippen LogP contribution is -2.27. The summed E-state index contributed by atoms with van der Waals surface area (Å²) in [7, 11) is 0. The van der Waals surface area contributed by atoms with Crippen LogP contribution in [0.4, 0.5) is 0 Å². The predicted molar refractivity (Wildman–Crippen MR) is 131 cm³/mol. The van der Waals surface area contributed by atoms with Gasteiger partial charge in [0, 0.05) is 37.8 Å². The van der Waals surface area contributed by atoms with Gasteiger partial charge in [-0.25, -0.2) is 0 Å². The van der Waals surface area contributed by atoms with E-state index in [1.165, 1.54) is 37.8 Å². The van der Waals surface area contributed by atoms with Gasteiger partial charge >= 0.3 is 5.97 Å². The van der Waals surface area contributed by atoms with E-state index in [9.17, 15) is 4.79 Å². The van der Waals surface area contributed by atoms with Crippen molar-refractivity contribution in [3.05, 3.63) is 52.8 Å². The number of amidine groups is 1. The molecule has 1 aromatic heterocycles. The van der Waals surface area contributed by atoms with E-state index >= 15 is 0 Å². The molecule has 1 unspecified atom stereocenters. The standard InChI is InChI=1S/C26H35N5O4/c32-23(33)10-13-27-16-18-6-8-20(9-7-18)25-29-26(35-30-25)22-17-28-31(21-4-2-1-3-5-21)24(22)19-11-14-34-15-12-19/h6-9,17,19,21,26-27H,1-5,10-16H2,(H,29,30)(H,32,33). The summed E-state index contributed by atoms with van der Waals surface area (Å²) in [5.74, 6) is 0.339. The molecule has 188 valence electrons. The fraction of sp³-hybridized carbons (Fsp3) is 0.577. The Morgan fingerprint density at radius 2 is 1.89 bits per heavy atom. The van der Waals surface area contributed by atoms with Gasteiger partial charge in [-0.1, -0.05) is 48.7 Å². The highest BCUT2D eigenvalue weighted by molar-refractivity contribution is 5.99. The number of carboxylic acids is 1. The van der Waals surface area contributed by atoms with Crippen molar-refractivity contribution in [3.8, 4) is 0 Å². The number of carboxylic acid groups (broad SMARTS) is 1. The van der Waals surface area contributed by atoms with E-state index in [1.54, 1.807) is 0 Å². The Morgan fingerprint density at radius 1 is 1.11 bits per heavy atom. The fourth-order valence-corrected chi connectivity index (χ4v) is 5.36. The van der Waals surface area contributed by atoms with Crippen LogP contribution in [0.5, 0.6) is 0 Å². The number of aliphatic carboxylic acids is 1. The highest BCUT2D eigenvalue weighted by atomic mass is 16.7. The van der Waals surface area contributed by atoms with Crippen LogP contribution in [0.3, 0.4) is 0 Å². The summed E-state index contributed by atoms with van der Waals surface area (Å²) in [6.07, 6.45) is 9.99. The summed E-state index contributed by atoms with van der Waals surface area (Å²) in [6.45, 7) is 2.66. The molecule has 9 nitrogen and oxygen atoms in total. The molecule has 3 aliphatic rings. The number of carbonyl (C=O) groups is 1. The molecule has 2 aliphatic heterocycles. The Kier molecular flexibility index (Phi) is 7.63. The van der Waals surface area contributed by atoms with Crippen molar-refractivity contribution in [2.24, 2.45) is 5.16 Å². The van der Waals surface area contributed by atoms with Gasteiger partial charge in [0.05, 0.1) is 29.9 Å². The van der Waals surface area contributed by atoms with Gasteiger partial charge in [0.15, 0.2) is 5.84 Å². The second-order valence-electron chi connectivity index (χ2n) is 9.70. The van der Waals surface area contributed by atoms with Gasteiger partial charge in [-0.15, -0.1) is 0 Å². The normalized spacial score (nSPS) is 21.4. The Bertz CT molecular complexity index is 1020. The summed E-state index contributed by atoms with van der Waals surface area (Å²) in [6, 6.07) is 8.53. The number of hydrogen-bond donors (Lipinski definition) is 3. The molecule has 35 heavy (non-hydrogen) atoms. The molecule has 1 saturated carbocycles. The third-order valence-electron chi connectivity index (χ3n) is 7.26. The van der Waals surface area contributed by atoms with Crippen LogP contribution in [-0.2, 0) is 20.9 Å². The SMILES string of the molecule is O=C(O)CCNCc1ccc(C2=NOC(c3cnn(C4CCCCC4)c3C3CCOCC3)N2)cc1. The van der Waals surface area contributed by atoms with Gasteiger partial charge < -0.3 is 25.3 Å². The Balaban J connectivity index is 1.27. The van der Waals surface area contributed by atoms with Crippen LogP contribution in [0.1, 0.15) is 91.9 Å². The summed E-state index contributed by atoms with van der Waals surface area (Å²) < 4.78 is 7.94. The summed E-state index contributed by atoms with van der Waals surface area (Å²) in [4.78, 5) is 16.5. The lowest BCUT2D eigenvalue weighted by atomic mass is 9.90. The molecular weight excluding hydrogens is 446 g/mol. The number of nitrogens with zero attached hydrogens (tertiary/aromatic N) is 3. The lowest BCUT2D eigenvalue weighted by Gasteiger charge is -2.29. The van der Waals surface area contributed by atoms with Crippen LogP contribution in [0, 0.1) is 0 Å². The minimum absolute atomic E-state index is 0.116. The van der Waals surface area contributed by atoms with Crippen molar-refractivity contribution < 1.29 is 19.5 Å². The average molecular weight is 482 g/mol. The number of rotatable bonds is 9. The van der Waals surface area contributed by atoms with E-state index in [4.69, 9.17) is 19.8 Å². The van der Waals surface area contributed by atoms with Crippen molar-refractivity contribution in [1.29, 1.82) is 0 Å². The molecule has 1 saturated heterocycles. The van der Waals surface area contributed by atoms with Crippen molar-refractivity contribution in [2.75, 3.05) is 19.8 Å². The number of hydrogen-bond acceptors (Lipinski definition) is 7. The Morgan fingerprint density at radius 3 is 2.63 bits per heavy atom. The highest BCUT2D eigenvalue weighted by Crippen LogP contribution is 2.38. The van der Waals surface area contributed by atoms with Crippen LogP contribution in [-0.4, -0.2) is 46.5 Å². The first-order chi connectivity index (χ1) is 17.2. The van der Waals surface area contributed by atoms with Crippen molar-refractivity contribution in [2.45, 2.75) is 76.1 Å². The lowest BCUT2D eigenvalue weighted by molar-refractivity contribution is -0.136. The van der Waals surface area contributed by atoms with Crippen molar-refractivity contribution in [3.63, 3.8) is 0 Å². The molecule has 1 aliphatic carbocycles. The summed E-state index contributed by atoms with van der Waals surface area (Å²) in [5, 5.41) is 24.6. The molecule has 0 bridgehead atoms. The van der Waals surface area contributed by atoms with E-state index in [1.807, 2.05) is 30.5 Å². The fourth-order valence-electron chi connectivity index (χ4n) is 5.36. The highest BCUT2D eigenvalue weighted by Gasteiger charge is 2.33. The molecule has 0 spiro atoms. The topological polar surface area (TPSA) is 110 Å². The van der Waals surface area contributed by atoms with Crippen molar-refractivity contribution in [1.82, 2.24) is 20.4 Å². The summed E-state index contributed by atoms with van der Waals surface area (Å²) in [5.41, 5.74) is 4.41. The third-order valence-corrected chi connectivity index (χ3v) is 7.26. The maximum Gasteiger partial charge on any atom is 0.304 e. The van der Waals surface area contributed by atoms with Crippen LogP contribution in [0.15, 0.2) is 35.6 Å².